The molecule has 0 aromatic heterocycles. The Labute approximate surface area is 108 Å². The smallest absolute Gasteiger partial charge is 0.231 e. The summed E-state index contributed by atoms with van der Waals surface area (Å²) in [6, 6.07) is 6.15. The molecule has 0 bridgehead atoms. The molecular weight excluding hydrogens is 228 g/mol. The van der Waals surface area contributed by atoms with Crippen molar-refractivity contribution in [3.05, 3.63) is 23.8 Å². The summed E-state index contributed by atoms with van der Waals surface area (Å²) >= 11 is 0. The van der Waals surface area contributed by atoms with Crippen LogP contribution in [0.15, 0.2) is 18.2 Å². The molecular formula is C15H20O3. The summed E-state index contributed by atoms with van der Waals surface area (Å²) in [5, 5.41) is 9.96. The van der Waals surface area contributed by atoms with Crippen LogP contribution < -0.4 is 9.47 Å². The molecule has 1 fully saturated rings. The van der Waals surface area contributed by atoms with Crippen LogP contribution in [0.5, 0.6) is 11.5 Å². The van der Waals surface area contributed by atoms with Crippen molar-refractivity contribution in [2.45, 2.75) is 44.6 Å². The van der Waals surface area contributed by atoms with Crippen LogP contribution in [0, 0.1) is 5.92 Å². The van der Waals surface area contributed by atoms with Crippen LogP contribution in [-0.4, -0.2) is 18.0 Å². The molecule has 18 heavy (non-hydrogen) atoms. The van der Waals surface area contributed by atoms with Crippen LogP contribution in [0.3, 0.4) is 0 Å². The summed E-state index contributed by atoms with van der Waals surface area (Å²) in [4.78, 5) is 0. The first-order chi connectivity index (χ1) is 8.83. The molecule has 0 saturated heterocycles. The molecule has 0 radical (unpaired) electrons. The lowest BCUT2D eigenvalue weighted by Crippen LogP contribution is -2.24. The lowest BCUT2D eigenvalue weighted by Gasteiger charge is -2.27. The average Bonchev–Trinajstić information content (AvgIpc) is 2.85. The van der Waals surface area contributed by atoms with Gasteiger partial charge >= 0.3 is 0 Å². The number of aryl methyl sites for hydroxylation is 1. The lowest BCUT2D eigenvalue weighted by molar-refractivity contribution is 0.0655. The molecule has 1 aromatic carbocycles. The minimum absolute atomic E-state index is 0.0900. The maximum absolute atomic E-state index is 9.96. The number of aliphatic hydroxyl groups is 1. The predicted octanol–water partition coefficient (Wildman–Crippen LogP) is 2.90. The SMILES string of the molecule is OC1CCCCC1CCc1ccc2c(c1)OCO2. The molecule has 0 amide bonds. The van der Waals surface area contributed by atoms with Gasteiger partial charge in [-0.3, -0.25) is 0 Å². The Balaban J connectivity index is 1.59. The molecule has 1 heterocycles. The third-order valence-corrected chi connectivity index (χ3v) is 4.11. The molecule has 1 N–H and O–H groups in total. The number of ether oxygens (including phenoxy) is 2. The van der Waals surface area contributed by atoms with Crippen molar-refractivity contribution in [1.29, 1.82) is 0 Å². The zero-order chi connectivity index (χ0) is 12.4. The van der Waals surface area contributed by atoms with Crippen molar-refractivity contribution in [3.63, 3.8) is 0 Å². The van der Waals surface area contributed by atoms with Crippen molar-refractivity contribution in [3.8, 4) is 11.5 Å². The van der Waals surface area contributed by atoms with Crippen molar-refractivity contribution < 1.29 is 14.6 Å². The molecule has 3 nitrogen and oxygen atoms in total. The summed E-state index contributed by atoms with van der Waals surface area (Å²) in [6.07, 6.45) is 6.59. The fourth-order valence-electron chi connectivity index (χ4n) is 2.97. The molecule has 1 saturated carbocycles. The predicted molar refractivity (Wildman–Crippen MR) is 68.9 cm³/mol. The minimum Gasteiger partial charge on any atom is -0.454 e. The maximum Gasteiger partial charge on any atom is 0.231 e. The molecule has 2 aliphatic rings. The van der Waals surface area contributed by atoms with Crippen LogP contribution in [0.25, 0.3) is 0 Å². The standard InChI is InChI=1S/C15H20O3/c16-13-4-2-1-3-12(13)7-5-11-6-8-14-15(9-11)18-10-17-14/h6,8-9,12-13,16H,1-5,7,10H2. The van der Waals surface area contributed by atoms with Crippen molar-refractivity contribution in [2.24, 2.45) is 5.92 Å². The van der Waals surface area contributed by atoms with E-state index in [1.807, 2.05) is 6.07 Å². The van der Waals surface area contributed by atoms with Gasteiger partial charge in [-0.25, -0.2) is 0 Å². The van der Waals surface area contributed by atoms with E-state index in [2.05, 4.69) is 12.1 Å². The Kier molecular flexibility index (Phi) is 3.41. The first kappa shape index (κ1) is 11.8. The number of hydrogen-bond donors (Lipinski definition) is 1. The number of benzene rings is 1. The molecule has 2 unspecified atom stereocenters. The van der Waals surface area contributed by atoms with Gasteiger partial charge in [0.1, 0.15) is 0 Å². The van der Waals surface area contributed by atoms with Gasteiger partial charge in [-0.1, -0.05) is 18.9 Å². The van der Waals surface area contributed by atoms with Gasteiger partial charge in [-0.05, 0) is 49.3 Å². The fraction of sp³-hybridized carbons (Fsp3) is 0.600. The van der Waals surface area contributed by atoms with Gasteiger partial charge in [0.25, 0.3) is 0 Å². The van der Waals surface area contributed by atoms with E-state index in [9.17, 15) is 5.11 Å². The largest absolute Gasteiger partial charge is 0.454 e. The van der Waals surface area contributed by atoms with Crippen LogP contribution in [-0.2, 0) is 6.42 Å². The third kappa shape index (κ3) is 2.46. The summed E-state index contributed by atoms with van der Waals surface area (Å²) in [7, 11) is 0. The zero-order valence-corrected chi connectivity index (χ0v) is 10.6. The Hall–Kier alpha value is -1.22. The van der Waals surface area contributed by atoms with E-state index in [1.165, 1.54) is 24.8 Å². The molecule has 3 heteroatoms. The van der Waals surface area contributed by atoms with Crippen molar-refractivity contribution in [1.82, 2.24) is 0 Å². The fourth-order valence-corrected chi connectivity index (χ4v) is 2.97. The quantitative estimate of drug-likeness (QED) is 0.894. The van der Waals surface area contributed by atoms with Gasteiger partial charge in [0.05, 0.1) is 6.10 Å². The van der Waals surface area contributed by atoms with E-state index in [0.29, 0.717) is 12.7 Å². The molecule has 2 atom stereocenters. The van der Waals surface area contributed by atoms with Crippen molar-refractivity contribution >= 4 is 0 Å². The lowest BCUT2D eigenvalue weighted by atomic mass is 9.83. The average molecular weight is 248 g/mol. The van der Waals surface area contributed by atoms with Gasteiger partial charge in [-0.2, -0.15) is 0 Å². The molecule has 1 aliphatic carbocycles. The van der Waals surface area contributed by atoms with Gasteiger partial charge in [0.2, 0.25) is 6.79 Å². The van der Waals surface area contributed by atoms with Crippen LogP contribution >= 0.6 is 0 Å². The summed E-state index contributed by atoms with van der Waals surface area (Å²) in [5.74, 6) is 2.18. The second-order valence-corrected chi connectivity index (χ2v) is 5.34. The Morgan fingerprint density at radius 2 is 1.94 bits per heavy atom. The van der Waals surface area contributed by atoms with Crippen LogP contribution in [0.2, 0.25) is 0 Å². The molecule has 3 rings (SSSR count). The monoisotopic (exact) mass is 248 g/mol. The topological polar surface area (TPSA) is 38.7 Å². The zero-order valence-electron chi connectivity index (χ0n) is 10.6. The highest BCUT2D eigenvalue weighted by Gasteiger charge is 2.22. The molecule has 98 valence electrons. The van der Waals surface area contributed by atoms with E-state index in [1.54, 1.807) is 0 Å². The van der Waals surface area contributed by atoms with Crippen molar-refractivity contribution in [2.75, 3.05) is 6.79 Å². The third-order valence-electron chi connectivity index (χ3n) is 4.11. The Morgan fingerprint density at radius 1 is 1.11 bits per heavy atom. The molecule has 0 spiro atoms. The van der Waals surface area contributed by atoms with Gasteiger partial charge in [0.15, 0.2) is 11.5 Å². The van der Waals surface area contributed by atoms with E-state index < -0.39 is 0 Å². The normalized spacial score (nSPS) is 26.3. The number of hydrogen-bond acceptors (Lipinski definition) is 3. The van der Waals surface area contributed by atoms with Gasteiger partial charge in [0, 0.05) is 0 Å². The second-order valence-electron chi connectivity index (χ2n) is 5.34. The first-order valence-corrected chi connectivity index (χ1v) is 6.89. The highest BCUT2D eigenvalue weighted by atomic mass is 16.7. The minimum atomic E-state index is -0.0900. The van der Waals surface area contributed by atoms with E-state index in [0.717, 1.165) is 30.8 Å². The van der Waals surface area contributed by atoms with E-state index in [4.69, 9.17) is 9.47 Å². The highest BCUT2D eigenvalue weighted by molar-refractivity contribution is 5.44. The Bertz CT molecular complexity index is 416. The molecule has 1 aliphatic heterocycles. The maximum atomic E-state index is 9.96. The summed E-state index contributed by atoms with van der Waals surface area (Å²) in [5.41, 5.74) is 1.28. The highest BCUT2D eigenvalue weighted by Crippen LogP contribution is 2.34. The summed E-state index contributed by atoms with van der Waals surface area (Å²) < 4.78 is 10.7. The van der Waals surface area contributed by atoms with Gasteiger partial charge < -0.3 is 14.6 Å². The van der Waals surface area contributed by atoms with Crippen LogP contribution in [0.4, 0.5) is 0 Å². The number of rotatable bonds is 3. The van der Waals surface area contributed by atoms with Crippen LogP contribution in [0.1, 0.15) is 37.7 Å². The molecule has 1 aromatic rings. The van der Waals surface area contributed by atoms with E-state index >= 15 is 0 Å². The van der Waals surface area contributed by atoms with E-state index in [-0.39, 0.29) is 6.10 Å². The second kappa shape index (κ2) is 5.19. The number of fused-ring (bicyclic) bond motifs is 1. The van der Waals surface area contributed by atoms with Gasteiger partial charge in [-0.15, -0.1) is 0 Å². The summed E-state index contributed by atoms with van der Waals surface area (Å²) in [6.45, 7) is 0.333. The Morgan fingerprint density at radius 3 is 2.83 bits per heavy atom. The first-order valence-electron chi connectivity index (χ1n) is 6.89. The number of aliphatic hydroxyl groups excluding tert-OH is 1.